The molecule has 4 nitrogen and oxygen atoms in total. The van der Waals surface area contributed by atoms with Crippen LogP contribution in [0.15, 0.2) is 23.8 Å². The van der Waals surface area contributed by atoms with Crippen LogP contribution in [0.4, 0.5) is 0 Å². The number of rotatable bonds is 6. The zero-order chi connectivity index (χ0) is 13.7. The van der Waals surface area contributed by atoms with Crippen LogP contribution < -0.4 is 19.5 Å². The standard InChI is InChI=1S/C15H21NO3/c1-4-16-9-12-7-14-15(19-10-18-14)8-13(12)17-6-5-11(2)3/h5,7-8,16H,4,6,9-10H2,1-3H3. The van der Waals surface area contributed by atoms with E-state index in [1.807, 2.05) is 12.1 Å². The van der Waals surface area contributed by atoms with Crippen LogP contribution in [0.5, 0.6) is 17.2 Å². The molecule has 1 aromatic carbocycles. The smallest absolute Gasteiger partial charge is 0.231 e. The molecule has 104 valence electrons. The number of hydrogen-bond acceptors (Lipinski definition) is 4. The molecule has 0 amide bonds. The number of ether oxygens (including phenoxy) is 3. The SMILES string of the molecule is CCNCc1cc2c(cc1OCC=C(C)C)OCO2. The zero-order valence-corrected chi connectivity index (χ0v) is 11.8. The van der Waals surface area contributed by atoms with Crippen molar-refractivity contribution in [1.29, 1.82) is 0 Å². The summed E-state index contributed by atoms with van der Waals surface area (Å²) >= 11 is 0. The summed E-state index contributed by atoms with van der Waals surface area (Å²) < 4.78 is 16.6. The first-order chi connectivity index (χ1) is 9.20. The van der Waals surface area contributed by atoms with Gasteiger partial charge in [-0.15, -0.1) is 0 Å². The van der Waals surface area contributed by atoms with Crippen molar-refractivity contribution in [3.05, 3.63) is 29.3 Å². The van der Waals surface area contributed by atoms with Gasteiger partial charge in [0.25, 0.3) is 0 Å². The first-order valence-corrected chi connectivity index (χ1v) is 6.60. The molecule has 1 aromatic rings. The maximum atomic E-state index is 5.82. The molecule has 0 bridgehead atoms. The van der Waals surface area contributed by atoms with E-state index in [0.29, 0.717) is 6.61 Å². The Hall–Kier alpha value is -1.68. The van der Waals surface area contributed by atoms with Gasteiger partial charge < -0.3 is 19.5 Å². The van der Waals surface area contributed by atoms with E-state index < -0.39 is 0 Å². The number of allylic oxidation sites excluding steroid dienone is 1. The Morgan fingerprint density at radius 3 is 2.74 bits per heavy atom. The maximum absolute atomic E-state index is 5.82. The van der Waals surface area contributed by atoms with Crippen LogP contribution in [0.2, 0.25) is 0 Å². The quantitative estimate of drug-likeness (QED) is 0.801. The topological polar surface area (TPSA) is 39.7 Å². The van der Waals surface area contributed by atoms with E-state index in [-0.39, 0.29) is 6.79 Å². The van der Waals surface area contributed by atoms with Gasteiger partial charge in [-0.1, -0.05) is 12.5 Å². The molecule has 1 aliphatic heterocycles. The first kappa shape index (κ1) is 13.7. The van der Waals surface area contributed by atoms with Gasteiger partial charge in [0.1, 0.15) is 12.4 Å². The van der Waals surface area contributed by atoms with E-state index in [0.717, 1.165) is 35.9 Å². The van der Waals surface area contributed by atoms with E-state index >= 15 is 0 Å². The van der Waals surface area contributed by atoms with Crippen LogP contribution >= 0.6 is 0 Å². The van der Waals surface area contributed by atoms with Gasteiger partial charge in [-0.25, -0.2) is 0 Å². The van der Waals surface area contributed by atoms with Crippen molar-refractivity contribution in [2.24, 2.45) is 0 Å². The third-order valence-electron chi connectivity index (χ3n) is 2.85. The van der Waals surface area contributed by atoms with Crippen molar-refractivity contribution >= 4 is 0 Å². The number of benzene rings is 1. The van der Waals surface area contributed by atoms with Crippen molar-refractivity contribution < 1.29 is 14.2 Å². The largest absolute Gasteiger partial charge is 0.489 e. The maximum Gasteiger partial charge on any atom is 0.231 e. The van der Waals surface area contributed by atoms with Gasteiger partial charge in [-0.3, -0.25) is 0 Å². The van der Waals surface area contributed by atoms with E-state index in [9.17, 15) is 0 Å². The average molecular weight is 263 g/mol. The minimum atomic E-state index is 0.285. The summed E-state index contributed by atoms with van der Waals surface area (Å²) in [5.74, 6) is 2.40. The Labute approximate surface area is 114 Å². The summed E-state index contributed by atoms with van der Waals surface area (Å²) in [6, 6.07) is 3.90. The molecule has 2 rings (SSSR count). The number of hydrogen-bond donors (Lipinski definition) is 1. The second-order valence-corrected chi connectivity index (χ2v) is 4.69. The van der Waals surface area contributed by atoms with Crippen LogP contribution in [-0.2, 0) is 6.54 Å². The fourth-order valence-corrected chi connectivity index (χ4v) is 1.80. The Bertz CT molecular complexity index is 465. The Morgan fingerprint density at radius 1 is 1.32 bits per heavy atom. The molecule has 0 atom stereocenters. The Balaban J connectivity index is 2.16. The van der Waals surface area contributed by atoms with Crippen LogP contribution in [0, 0.1) is 0 Å². The van der Waals surface area contributed by atoms with Crippen LogP contribution in [0.25, 0.3) is 0 Å². The minimum Gasteiger partial charge on any atom is -0.489 e. The van der Waals surface area contributed by atoms with Gasteiger partial charge in [-0.2, -0.15) is 0 Å². The lowest BCUT2D eigenvalue weighted by molar-refractivity contribution is 0.174. The molecule has 0 saturated heterocycles. The summed E-state index contributed by atoms with van der Waals surface area (Å²) in [7, 11) is 0. The summed E-state index contributed by atoms with van der Waals surface area (Å²) in [4.78, 5) is 0. The fourth-order valence-electron chi connectivity index (χ4n) is 1.80. The minimum absolute atomic E-state index is 0.285. The lowest BCUT2D eigenvalue weighted by Crippen LogP contribution is -2.13. The van der Waals surface area contributed by atoms with Crippen molar-refractivity contribution in [1.82, 2.24) is 5.32 Å². The van der Waals surface area contributed by atoms with Gasteiger partial charge in [0.05, 0.1) is 0 Å². The van der Waals surface area contributed by atoms with Crippen molar-refractivity contribution in [2.75, 3.05) is 19.9 Å². The monoisotopic (exact) mass is 263 g/mol. The molecular formula is C15H21NO3. The highest BCUT2D eigenvalue weighted by atomic mass is 16.7. The summed E-state index contributed by atoms with van der Waals surface area (Å²) in [5.41, 5.74) is 2.34. The molecule has 19 heavy (non-hydrogen) atoms. The Morgan fingerprint density at radius 2 is 2.05 bits per heavy atom. The van der Waals surface area contributed by atoms with Crippen LogP contribution in [-0.4, -0.2) is 19.9 Å². The summed E-state index contributed by atoms with van der Waals surface area (Å²) in [6.07, 6.45) is 2.06. The summed E-state index contributed by atoms with van der Waals surface area (Å²) in [5, 5.41) is 3.30. The normalized spacial score (nSPS) is 12.4. The van der Waals surface area contributed by atoms with E-state index in [1.165, 1.54) is 5.57 Å². The van der Waals surface area contributed by atoms with Gasteiger partial charge in [0.15, 0.2) is 11.5 Å². The molecule has 0 unspecified atom stereocenters. The number of fused-ring (bicyclic) bond motifs is 1. The van der Waals surface area contributed by atoms with Crippen molar-refractivity contribution in [2.45, 2.75) is 27.3 Å². The van der Waals surface area contributed by atoms with Crippen molar-refractivity contribution in [3.8, 4) is 17.2 Å². The average Bonchev–Trinajstić information content (AvgIpc) is 2.82. The third kappa shape index (κ3) is 3.64. The Kier molecular flexibility index (Phi) is 4.68. The van der Waals surface area contributed by atoms with Gasteiger partial charge >= 0.3 is 0 Å². The molecule has 1 aliphatic rings. The van der Waals surface area contributed by atoms with Gasteiger partial charge in [0, 0.05) is 18.2 Å². The molecule has 1 N–H and O–H groups in total. The molecule has 0 fully saturated rings. The lowest BCUT2D eigenvalue weighted by atomic mass is 10.1. The predicted octanol–water partition coefficient (Wildman–Crippen LogP) is 2.87. The highest BCUT2D eigenvalue weighted by molar-refractivity contribution is 5.51. The van der Waals surface area contributed by atoms with E-state index in [2.05, 4.69) is 32.2 Å². The first-order valence-electron chi connectivity index (χ1n) is 6.60. The van der Waals surface area contributed by atoms with Gasteiger partial charge in [0.2, 0.25) is 6.79 Å². The van der Waals surface area contributed by atoms with Crippen LogP contribution in [0.3, 0.4) is 0 Å². The highest BCUT2D eigenvalue weighted by Gasteiger charge is 2.17. The molecule has 0 aliphatic carbocycles. The second kappa shape index (κ2) is 6.48. The lowest BCUT2D eigenvalue weighted by Gasteiger charge is -2.12. The zero-order valence-electron chi connectivity index (χ0n) is 11.8. The fraction of sp³-hybridized carbons (Fsp3) is 0.467. The predicted molar refractivity (Wildman–Crippen MR) is 74.9 cm³/mol. The van der Waals surface area contributed by atoms with Gasteiger partial charge in [-0.05, 0) is 32.5 Å². The van der Waals surface area contributed by atoms with Crippen LogP contribution in [0.1, 0.15) is 26.3 Å². The third-order valence-corrected chi connectivity index (χ3v) is 2.85. The molecule has 4 heteroatoms. The summed E-state index contributed by atoms with van der Waals surface area (Å²) in [6.45, 7) is 8.73. The molecule has 1 heterocycles. The van der Waals surface area contributed by atoms with E-state index in [1.54, 1.807) is 0 Å². The van der Waals surface area contributed by atoms with E-state index in [4.69, 9.17) is 14.2 Å². The van der Waals surface area contributed by atoms with Crippen molar-refractivity contribution in [3.63, 3.8) is 0 Å². The molecule has 0 saturated carbocycles. The highest BCUT2D eigenvalue weighted by Crippen LogP contribution is 2.38. The molecule has 0 spiro atoms. The number of nitrogens with one attached hydrogen (secondary N) is 1. The molecular weight excluding hydrogens is 242 g/mol. The second-order valence-electron chi connectivity index (χ2n) is 4.69. The molecule has 0 radical (unpaired) electrons. The molecule has 0 aromatic heterocycles.